The highest BCUT2D eigenvalue weighted by molar-refractivity contribution is 5.80. The van der Waals surface area contributed by atoms with Crippen LogP contribution in [0.1, 0.15) is 5.56 Å². The fourth-order valence-electron chi connectivity index (χ4n) is 1.53. The van der Waals surface area contributed by atoms with Crippen LogP contribution in [0.5, 0.6) is 0 Å². The zero-order valence-corrected chi connectivity index (χ0v) is 7.90. The van der Waals surface area contributed by atoms with Crippen molar-refractivity contribution in [2.24, 2.45) is 12.0 Å². The van der Waals surface area contributed by atoms with Gasteiger partial charge in [-0.3, -0.25) is 0 Å². The highest BCUT2D eigenvalue weighted by atomic mass is 16.1. The number of aryl methyl sites for hydroxylation is 1. The zero-order valence-electron chi connectivity index (χ0n) is 7.90. The van der Waals surface area contributed by atoms with E-state index in [9.17, 15) is 4.79 Å². The van der Waals surface area contributed by atoms with Gasteiger partial charge in [-0.05, 0) is 23.1 Å². The van der Waals surface area contributed by atoms with Gasteiger partial charge >= 0.3 is 0 Å². The average Bonchev–Trinajstić information content (AvgIpc) is 2.57. The summed E-state index contributed by atoms with van der Waals surface area (Å²) in [5, 5.41) is 1.20. The number of hydrogen-bond acceptors (Lipinski definition) is 2. The molecule has 2 rings (SSSR count). The van der Waals surface area contributed by atoms with Crippen LogP contribution in [0.3, 0.4) is 0 Å². The van der Waals surface area contributed by atoms with E-state index in [2.05, 4.69) is 11.1 Å². The third-order valence-electron chi connectivity index (χ3n) is 2.28. The highest BCUT2D eigenvalue weighted by Gasteiger charge is 1.98. The minimum atomic E-state index is 0.407. The lowest BCUT2D eigenvalue weighted by Crippen LogP contribution is -1.86. The summed E-state index contributed by atoms with van der Waals surface area (Å²) >= 11 is 0. The van der Waals surface area contributed by atoms with Crippen molar-refractivity contribution in [2.75, 3.05) is 0 Å². The Morgan fingerprint density at radius 2 is 2.29 bits per heavy atom. The van der Waals surface area contributed by atoms with Gasteiger partial charge in [-0.25, -0.2) is 9.79 Å². The molecule has 0 N–H and O–H groups in total. The minimum Gasteiger partial charge on any atom is -0.351 e. The van der Waals surface area contributed by atoms with Gasteiger partial charge in [0.05, 0.1) is 6.54 Å². The number of nitrogens with zero attached hydrogens (tertiary/aromatic N) is 2. The molecule has 0 amide bonds. The Balaban J connectivity index is 2.48. The molecule has 0 aliphatic heterocycles. The monoisotopic (exact) mass is 186 g/mol. The van der Waals surface area contributed by atoms with Gasteiger partial charge in [-0.2, -0.15) is 0 Å². The van der Waals surface area contributed by atoms with Crippen LogP contribution in [0, 0.1) is 0 Å². The third-order valence-corrected chi connectivity index (χ3v) is 2.28. The number of isocyanates is 1. The fourth-order valence-corrected chi connectivity index (χ4v) is 1.53. The molecule has 0 spiro atoms. The van der Waals surface area contributed by atoms with Crippen molar-refractivity contribution in [1.29, 1.82) is 0 Å². The van der Waals surface area contributed by atoms with Crippen LogP contribution in [0.25, 0.3) is 10.9 Å². The summed E-state index contributed by atoms with van der Waals surface area (Å²) in [6.45, 7) is 0.407. The number of benzene rings is 1. The van der Waals surface area contributed by atoms with Gasteiger partial charge < -0.3 is 4.57 Å². The molecule has 0 radical (unpaired) electrons. The molecule has 1 aromatic heterocycles. The molecule has 0 aliphatic rings. The normalized spacial score (nSPS) is 10.1. The van der Waals surface area contributed by atoms with E-state index in [1.54, 1.807) is 6.08 Å². The Hall–Kier alpha value is -1.86. The van der Waals surface area contributed by atoms with Crippen LogP contribution in [0.2, 0.25) is 0 Å². The van der Waals surface area contributed by atoms with E-state index in [0.717, 1.165) is 11.1 Å². The average molecular weight is 186 g/mol. The molecule has 1 heterocycles. The number of aromatic nitrogens is 1. The summed E-state index contributed by atoms with van der Waals surface area (Å²) in [6.07, 6.45) is 3.55. The molecular formula is C11H10N2O. The van der Waals surface area contributed by atoms with Crippen LogP contribution in [0.15, 0.2) is 35.5 Å². The molecule has 0 saturated carbocycles. The lowest BCUT2D eigenvalue weighted by Gasteiger charge is -1.98. The number of fused-ring (bicyclic) bond motifs is 1. The first-order valence-electron chi connectivity index (χ1n) is 4.39. The lowest BCUT2D eigenvalue weighted by molar-refractivity contribution is 0.563. The lowest BCUT2D eigenvalue weighted by atomic mass is 10.1. The van der Waals surface area contributed by atoms with E-state index >= 15 is 0 Å². The Labute approximate surface area is 81.7 Å². The number of aliphatic imine (C=N–C) groups is 1. The molecule has 0 fully saturated rings. The predicted molar refractivity (Wildman–Crippen MR) is 54.7 cm³/mol. The number of hydrogen-bond donors (Lipinski definition) is 0. The first-order chi connectivity index (χ1) is 6.81. The molecule has 0 aliphatic carbocycles. The second-order valence-corrected chi connectivity index (χ2v) is 3.23. The van der Waals surface area contributed by atoms with E-state index in [1.807, 2.05) is 36.0 Å². The number of rotatable bonds is 2. The molecular weight excluding hydrogens is 176 g/mol. The van der Waals surface area contributed by atoms with Crippen molar-refractivity contribution in [2.45, 2.75) is 6.54 Å². The highest BCUT2D eigenvalue weighted by Crippen LogP contribution is 2.16. The Kier molecular flexibility index (Phi) is 2.17. The first-order valence-corrected chi connectivity index (χ1v) is 4.39. The van der Waals surface area contributed by atoms with E-state index in [-0.39, 0.29) is 0 Å². The molecule has 0 atom stereocenters. The molecule has 0 saturated heterocycles. The molecule has 0 bridgehead atoms. The Morgan fingerprint density at radius 1 is 1.43 bits per heavy atom. The maximum absolute atomic E-state index is 9.96. The van der Waals surface area contributed by atoms with Crippen molar-refractivity contribution in [1.82, 2.24) is 4.57 Å². The molecule has 0 unspecified atom stereocenters. The molecule has 70 valence electrons. The van der Waals surface area contributed by atoms with Gasteiger partial charge in [0.25, 0.3) is 0 Å². The van der Waals surface area contributed by atoms with Crippen LogP contribution in [0.4, 0.5) is 0 Å². The molecule has 3 heteroatoms. The SMILES string of the molecule is Cn1ccc2ccc(CN=C=O)cc21. The molecule has 2 aromatic rings. The van der Waals surface area contributed by atoms with Gasteiger partial charge in [0, 0.05) is 18.8 Å². The number of carbonyl (C=O) groups excluding carboxylic acids is 1. The maximum Gasteiger partial charge on any atom is 0.235 e. The van der Waals surface area contributed by atoms with Crippen molar-refractivity contribution in [3.63, 3.8) is 0 Å². The van der Waals surface area contributed by atoms with E-state index in [4.69, 9.17) is 0 Å². The maximum atomic E-state index is 9.96. The standard InChI is InChI=1S/C11H10N2O/c1-13-5-4-10-3-2-9(6-11(10)13)7-12-8-14/h2-6H,7H2,1H3. The summed E-state index contributed by atoms with van der Waals surface area (Å²) in [4.78, 5) is 13.5. The third kappa shape index (κ3) is 1.45. The summed E-state index contributed by atoms with van der Waals surface area (Å²) in [5.74, 6) is 0. The fraction of sp³-hybridized carbons (Fsp3) is 0.182. The summed E-state index contributed by atoms with van der Waals surface area (Å²) < 4.78 is 2.05. The van der Waals surface area contributed by atoms with Crippen molar-refractivity contribution >= 4 is 17.0 Å². The minimum absolute atomic E-state index is 0.407. The van der Waals surface area contributed by atoms with Crippen LogP contribution in [-0.2, 0) is 18.4 Å². The largest absolute Gasteiger partial charge is 0.351 e. The molecule has 14 heavy (non-hydrogen) atoms. The van der Waals surface area contributed by atoms with Gasteiger partial charge in [0.15, 0.2) is 0 Å². The van der Waals surface area contributed by atoms with Crippen LogP contribution < -0.4 is 0 Å². The second-order valence-electron chi connectivity index (χ2n) is 3.23. The topological polar surface area (TPSA) is 34.4 Å². The first kappa shape index (κ1) is 8.73. The van der Waals surface area contributed by atoms with Crippen molar-refractivity contribution in [3.05, 3.63) is 36.0 Å². The van der Waals surface area contributed by atoms with Crippen molar-refractivity contribution in [3.8, 4) is 0 Å². The molecule has 1 aromatic carbocycles. The van der Waals surface area contributed by atoms with Crippen LogP contribution in [-0.4, -0.2) is 10.6 Å². The molecule has 3 nitrogen and oxygen atoms in total. The van der Waals surface area contributed by atoms with Crippen LogP contribution >= 0.6 is 0 Å². The zero-order chi connectivity index (χ0) is 9.97. The van der Waals surface area contributed by atoms with E-state index in [1.165, 1.54) is 5.39 Å². The van der Waals surface area contributed by atoms with Crippen molar-refractivity contribution < 1.29 is 4.79 Å². The van der Waals surface area contributed by atoms with Gasteiger partial charge in [-0.15, -0.1) is 0 Å². The quantitative estimate of drug-likeness (QED) is 0.522. The van der Waals surface area contributed by atoms with Gasteiger partial charge in [0.1, 0.15) is 0 Å². The Morgan fingerprint density at radius 3 is 3.07 bits per heavy atom. The van der Waals surface area contributed by atoms with Gasteiger partial charge in [0.2, 0.25) is 6.08 Å². The Bertz CT molecular complexity index is 507. The van der Waals surface area contributed by atoms with E-state index < -0.39 is 0 Å². The summed E-state index contributed by atoms with van der Waals surface area (Å²) in [7, 11) is 2.00. The predicted octanol–water partition coefficient (Wildman–Crippen LogP) is 2.01. The second kappa shape index (κ2) is 3.48. The van der Waals surface area contributed by atoms with E-state index in [0.29, 0.717) is 6.54 Å². The summed E-state index contributed by atoms with van der Waals surface area (Å²) in [5.41, 5.74) is 2.19. The van der Waals surface area contributed by atoms with Gasteiger partial charge in [-0.1, -0.05) is 12.1 Å². The smallest absolute Gasteiger partial charge is 0.235 e. The summed E-state index contributed by atoms with van der Waals surface area (Å²) in [6, 6.07) is 8.10.